The summed E-state index contributed by atoms with van der Waals surface area (Å²) in [5, 5.41) is 0. The summed E-state index contributed by atoms with van der Waals surface area (Å²) in [4.78, 5) is 0. The Kier molecular flexibility index (Phi) is 12.9. The number of rotatable bonds is 0. The normalized spacial score (nSPS) is 16.2. The first-order valence-corrected chi connectivity index (χ1v) is 6.71. The molecule has 0 atom stereocenters. The zero-order chi connectivity index (χ0) is 6.41. The Morgan fingerprint density at radius 1 is 0.500 bits per heavy atom. The van der Waals surface area contributed by atoms with Crippen LogP contribution in [0.2, 0.25) is 0 Å². The van der Waals surface area contributed by atoms with Crippen LogP contribution < -0.4 is 20.8 Å². The molecule has 10 heteroatoms. The van der Waals surface area contributed by atoms with Crippen LogP contribution in [0.4, 0.5) is 0 Å². The summed E-state index contributed by atoms with van der Waals surface area (Å²) in [7, 11) is 0. The third-order valence-electron chi connectivity index (χ3n) is 0. The molecule has 0 heterocycles. The molecule has 0 aromatic rings. The van der Waals surface area contributed by atoms with Gasteiger partial charge < -0.3 is 0 Å². The molecule has 0 N–H and O–H groups in total. The molecule has 0 unspecified atom stereocenters. The van der Waals surface area contributed by atoms with Crippen LogP contribution in [0.3, 0.4) is 0 Å². The molecule has 0 aliphatic carbocycles. The molecular formula is Ca3O6Te. The Hall–Kier alpha value is 4.33. The Morgan fingerprint density at radius 2 is 0.500 bits per heavy atom. The van der Waals surface area contributed by atoms with Crippen LogP contribution in [0.5, 0.6) is 0 Å². The fraction of sp³-hybridized carbons (Fsp3) is 0. The van der Waals surface area contributed by atoms with E-state index in [2.05, 4.69) is 0 Å². The molecule has 0 radical (unpaired) electrons. The first-order chi connectivity index (χ1) is 2.45. The molecule has 48 valence electrons. The number of hydrogen-bond donors (Lipinski definition) is 0. The molecule has 0 aromatic carbocycles. The molecule has 0 fully saturated rings. The van der Waals surface area contributed by atoms with E-state index in [1.165, 1.54) is 0 Å². The van der Waals surface area contributed by atoms with Crippen LogP contribution in [0.15, 0.2) is 0 Å². The fourth-order valence-corrected chi connectivity index (χ4v) is 0. The second kappa shape index (κ2) is 5.42. The standard InChI is InChI=1S/3Ca.H6O6Te/c;;;1-7(2,3,4,5)6/h;;;1-6H/q3*+2;/p-6. The van der Waals surface area contributed by atoms with E-state index in [1.54, 1.807) is 0 Å². The van der Waals surface area contributed by atoms with Gasteiger partial charge in [-0.1, -0.05) is 0 Å². The average Bonchev–Trinajstić information content (AvgIpc) is 0.592. The monoisotopic (exact) mass is 346 g/mol. The SMILES string of the molecule is [Ca+2].[Ca+2].[Ca+2].[O-][Te]([O-])([O-])([O-])([O-])[O-]. The summed E-state index contributed by atoms with van der Waals surface area (Å²) in [6.45, 7) is 0. The van der Waals surface area contributed by atoms with Crippen molar-refractivity contribution >= 4 is 131 Å². The molecule has 0 amide bonds. The van der Waals surface area contributed by atoms with Crippen molar-refractivity contribution in [2.75, 3.05) is 0 Å². The minimum atomic E-state index is -9.68. The summed E-state index contributed by atoms with van der Waals surface area (Å²) in [6, 6.07) is 0. The Morgan fingerprint density at radius 3 is 0.500 bits per heavy atom. The van der Waals surface area contributed by atoms with E-state index < -0.39 is 17.9 Å². The topological polar surface area (TPSA) is 138 Å². The minimum absolute atomic E-state index is 0. The van der Waals surface area contributed by atoms with Crippen LogP contribution in [0, 0.1) is 0 Å². The predicted octanol–water partition coefficient (Wildman–Crippen LogP) is -8.66. The average molecular weight is 344 g/mol. The third kappa shape index (κ3) is 84.4. The van der Waals surface area contributed by atoms with E-state index in [0.717, 1.165) is 0 Å². The molecule has 0 bridgehead atoms. The van der Waals surface area contributed by atoms with Crippen LogP contribution in [0.25, 0.3) is 0 Å². The maximum absolute atomic E-state index is 9.68. The molecule has 6 nitrogen and oxygen atoms in total. The van der Waals surface area contributed by atoms with E-state index in [9.17, 15) is 0 Å². The van der Waals surface area contributed by atoms with Gasteiger partial charge in [0.2, 0.25) is 0 Å². The van der Waals surface area contributed by atoms with Crippen molar-refractivity contribution in [3.05, 3.63) is 0 Å². The zero-order valence-corrected chi connectivity index (χ0v) is 13.9. The van der Waals surface area contributed by atoms with E-state index in [4.69, 9.17) is 20.8 Å². The van der Waals surface area contributed by atoms with Gasteiger partial charge in [-0.25, -0.2) is 0 Å². The van der Waals surface area contributed by atoms with Crippen LogP contribution in [-0.2, 0) is 0 Å². The van der Waals surface area contributed by atoms with Crippen molar-refractivity contribution in [2.45, 2.75) is 0 Å². The Balaban J connectivity index is -0.0000000600. The quantitative estimate of drug-likeness (QED) is 0.400. The van der Waals surface area contributed by atoms with Gasteiger partial charge in [0.1, 0.15) is 0 Å². The van der Waals surface area contributed by atoms with Crippen molar-refractivity contribution in [2.24, 2.45) is 0 Å². The van der Waals surface area contributed by atoms with Gasteiger partial charge in [0.25, 0.3) is 0 Å². The first kappa shape index (κ1) is 23.9. The van der Waals surface area contributed by atoms with Crippen LogP contribution in [0.1, 0.15) is 0 Å². The molecule has 10 heavy (non-hydrogen) atoms. The van der Waals surface area contributed by atoms with Crippen LogP contribution in [-0.4, -0.2) is 131 Å². The summed E-state index contributed by atoms with van der Waals surface area (Å²) in [6.07, 6.45) is 0. The van der Waals surface area contributed by atoms with Crippen molar-refractivity contribution in [1.29, 1.82) is 0 Å². The van der Waals surface area contributed by atoms with Crippen LogP contribution >= 0.6 is 0 Å². The molecule has 0 aliphatic rings. The van der Waals surface area contributed by atoms with Gasteiger partial charge in [-0.15, -0.1) is 0 Å². The molecule has 0 spiro atoms. The molecule has 0 saturated heterocycles. The fourth-order valence-electron chi connectivity index (χ4n) is 0. The van der Waals surface area contributed by atoms with E-state index in [1.807, 2.05) is 0 Å². The second-order valence-electron chi connectivity index (χ2n) is 1.02. The summed E-state index contributed by atoms with van der Waals surface area (Å²) in [5.74, 6) is 0. The summed E-state index contributed by atoms with van der Waals surface area (Å²) >= 11 is -9.68. The zero-order valence-electron chi connectivity index (χ0n) is 4.98. The first-order valence-electron chi connectivity index (χ1n) is 1.00. The second-order valence-corrected chi connectivity index (χ2v) is 6.85. The molecule has 0 aromatic heterocycles. The van der Waals surface area contributed by atoms with E-state index >= 15 is 0 Å². The summed E-state index contributed by atoms with van der Waals surface area (Å²) < 4.78 is 52.0. The van der Waals surface area contributed by atoms with Crippen molar-refractivity contribution in [3.8, 4) is 0 Å². The van der Waals surface area contributed by atoms with Crippen molar-refractivity contribution in [3.63, 3.8) is 0 Å². The molecule has 0 saturated carbocycles. The maximum atomic E-state index is 8.67. The van der Waals surface area contributed by atoms with E-state index in [-0.39, 0.29) is 113 Å². The van der Waals surface area contributed by atoms with Gasteiger partial charge in [-0.05, 0) is 0 Å². The Labute approximate surface area is 148 Å². The Bertz CT molecular complexity index is 71.6. The van der Waals surface area contributed by atoms with E-state index in [0.29, 0.717) is 0 Å². The third-order valence-corrected chi connectivity index (χ3v) is 0. The molecular weight excluding hydrogens is 344 g/mol. The van der Waals surface area contributed by atoms with Gasteiger partial charge in [-0.2, -0.15) is 0 Å². The van der Waals surface area contributed by atoms with Gasteiger partial charge in [-0.3, -0.25) is 0 Å². The summed E-state index contributed by atoms with van der Waals surface area (Å²) in [5.41, 5.74) is 0. The number of hydrogen-bond acceptors (Lipinski definition) is 6. The van der Waals surface area contributed by atoms with Gasteiger partial charge in [0.05, 0.1) is 0 Å². The van der Waals surface area contributed by atoms with Gasteiger partial charge in [0.15, 0.2) is 0 Å². The van der Waals surface area contributed by atoms with Gasteiger partial charge >= 0.3 is 152 Å². The van der Waals surface area contributed by atoms with Crippen molar-refractivity contribution < 1.29 is 20.8 Å². The molecule has 0 rings (SSSR count). The van der Waals surface area contributed by atoms with Gasteiger partial charge in [0, 0.05) is 0 Å². The predicted molar refractivity (Wildman–Crippen MR) is 23.0 cm³/mol. The molecule has 0 aliphatic heterocycles. The van der Waals surface area contributed by atoms with Crippen molar-refractivity contribution in [1.82, 2.24) is 0 Å².